The zero-order valence-electron chi connectivity index (χ0n) is 8.13. The lowest BCUT2D eigenvalue weighted by Crippen LogP contribution is -2.17. The normalized spacial score (nSPS) is 25.0. The molecule has 1 fully saturated rings. The van der Waals surface area contributed by atoms with Crippen molar-refractivity contribution in [3.8, 4) is 5.75 Å². The predicted octanol–water partition coefficient (Wildman–Crippen LogP) is 1.68. The third-order valence-electron chi connectivity index (χ3n) is 2.22. The van der Waals surface area contributed by atoms with E-state index in [4.69, 9.17) is 9.47 Å². The van der Waals surface area contributed by atoms with Gasteiger partial charge < -0.3 is 9.47 Å². The largest absolute Gasteiger partial charge is 0.490 e. The van der Waals surface area contributed by atoms with E-state index in [1.165, 1.54) is 0 Å². The summed E-state index contributed by atoms with van der Waals surface area (Å²) in [6.45, 7) is 0.396. The molecule has 0 aromatic heterocycles. The molecule has 0 aliphatic carbocycles. The van der Waals surface area contributed by atoms with Crippen molar-refractivity contribution in [1.29, 1.82) is 0 Å². The molecular formula is C11H12O3S. The van der Waals surface area contributed by atoms with E-state index in [0.717, 1.165) is 5.75 Å². The van der Waals surface area contributed by atoms with Crippen molar-refractivity contribution in [2.75, 3.05) is 6.61 Å². The minimum absolute atomic E-state index is 0.166. The van der Waals surface area contributed by atoms with Gasteiger partial charge in [-0.25, -0.2) is 0 Å². The monoisotopic (exact) mass is 224 g/mol. The van der Waals surface area contributed by atoms with Crippen LogP contribution in [0.5, 0.6) is 5.75 Å². The molecule has 0 bridgehead atoms. The number of rotatable bonds is 3. The summed E-state index contributed by atoms with van der Waals surface area (Å²) < 4.78 is 10.5. The first-order chi connectivity index (χ1) is 7.25. The molecule has 1 saturated heterocycles. The van der Waals surface area contributed by atoms with Gasteiger partial charge in [-0.15, -0.1) is 0 Å². The van der Waals surface area contributed by atoms with E-state index >= 15 is 0 Å². The standard InChI is InChI=1S/C11H12O3S/c12-11-10(15)6-9(14-11)7-13-8-4-2-1-3-5-8/h1-5,9-10,15H,6-7H2/t9-,10-/m0/s1. The number of carbonyl (C=O) groups is 1. The van der Waals surface area contributed by atoms with E-state index in [1.807, 2.05) is 30.3 Å². The van der Waals surface area contributed by atoms with Crippen LogP contribution in [0.2, 0.25) is 0 Å². The van der Waals surface area contributed by atoms with Crippen LogP contribution in [0.15, 0.2) is 30.3 Å². The molecule has 1 heterocycles. The zero-order valence-corrected chi connectivity index (χ0v) is 9.02. The van der Waals surface area contributed by atoms with Crippen LogP contribution in [0, 0.1) is 0 Å². The van der Waals surface area contributed by atoms with Crippen molar-refractivity contribution in [3.63, 3.8) is 0 Å². The average Bonchev–Trinajstić information content (AvgIpc) is 2.57. The third kappa shape index (κ3) is 2.65. The molecule has 2 rings (SSSR count). The van der Waals surface area contributed by atoms with Crippen molar-refractivity contribution in [1.82, 2.24) is 0 Å². The van der Waals surface area contributed by atoms with Crippen molar-refractivity contribution in [2.24, 2.45) is 0 Å². The van der Waals surface area contributed by atoms with E-state index in [9.17, 15) is 4.79 Å². The van der Waals surface area contributed by atoms with Gasteiger partial charge >= 0.3 is 5.97 Å². The van der Waals surface area contributed by atoms with Crippen LogP contribution < -0.4 is 4.74 Å². The number of cyclic esters (lactones) is 1. The smallest absolute Gasteiger partial charge is 0.319 e. The first-order valence-electron chi connectivity index (χ1n) is 4.82. The Kier molecular flexibility index (Phi) is 3.16. The summed E-state index contributed by atoms with van der Waals surface area (Å²) in [6.07, 6.45) is 0.453. The first kappa shape index (κ1) is 10.4. The van der Waals surface area contributed by atoms with Gasteiger partial charge in [-0.3, -0.25) is 4.79 Å². The molecule has 1 aliphatic rings. The SMILES string of the molecule is O=C1O[C@H](COc2ccccc2)C[C@@H]1S. The molecular weight excluding hydrogens is 212 g/mol. The second-order valence-electron chi connectivity index (χ2n) is 3.43. The van der Waals surface area contributed by atoms with Crippen molar-refractivity contribution < 1.29 is 14.3 Å². The van der Waals surface area contributed by atoms with Crippen LogP contribution in [0.3, 0.4) is 0 Å². The molecule has 0 spiro atoms. The molecule has 80 valence electrons. The number of benzene rings is 1. The van der Waals surface area contributed by atoms with Crippen LogP contribution in [-0.2, 0) is 9.53 Å². The van der Waals surface area contributed by atoms with Crippen LogP contribution in [-0.4, -0.2) is 23.9 Å². The fourth-order valence-corrected chi connectivity index (χ4v) is 1.74. The number of ether oxygens (including phenoxy) is 2. The van der Waals surface area contributed by atoms with Crippen molar-refractivity contribution >= 4 is 18.6 Å². The molecule has 0 N–H and O–H groups in total. The van der Waals surface area contributed by atoms with Gasteiger partial charge in [0.1, 0.15) is 23.7 Å². The number of para-hydroxylation sites is 1. The average molecular weight is 224 g/mol. The molecule has 4 heteroatoms. The Morgan fingerprint density at radius 2 is 2.13 bits per heavy atom. The summed E-state index contributed by atoms with van der Waals surface area (Å²) in [5.41, 5.74) is 0. The van der Waals surface area contributed by atoms with Gasteiger partial charge in [0.15, 0.2) is 0 Å². The molecule has 0 radical (unpaired) electrons. The highest BCUT2D eigenvalue weighted by molar-refractivity contribution is 7.81. The highest BCUT2D eigenvalue weighted by Crippen LogP contribution is 2.20. The Hall–Kier alpha value is -1.16. The Morgan fingerprint density at radius 3 is 2.73 bits per heavy atom. The van der Waals surface area contributed by atoms with Crippen LogP contribution in [0.1, 0.15) is 6.42 Å². The maximum absolute atomic E-state index is 11.0. The summed E-state index contributed by atoms with van der Waals surface area (Å²) in [6, 6.07) is 9.46. The van der Waals surface area contributed by atoms with Gasteiger partial charge in [-0.2, -0.15) is 12.6 Å². The molecule has 2 atom stereocenters. The number of hydrogen-bond donors (Lipinski definition) is 1. The minimum Gasteiger partial charge on any atom is -0.490 e. The quantitative estimate of drug-likeness (QED) is 0.626. The van der Waals surface area contributed by atoms with E-state index in [1.54, 1.807) is 0 Å². The van der Waals surface area contributed by atoms with E-state index < -0.39 is 0 Å². The molecule has 0 amide bonds. The third-order valence-corrected chi connectivity index (χ3v) is 2.64. The molecule has 1 aromatic carbocycles. The highest BCUT2D eigenvalue weighted by Gasteiger charge is 2.32. The Labute approximate surface area is 93.8 Å². The van der Waals surface area contributed by atoms with E-state index in [0.29, 0.717) is 13.0 Å². The number of hydrogen-bond acceptors (Lipinski definition) is 4. The minimum atomic E-state index is -0.297. The summed E-state index contributed by atoms with van der Waals surface area (Å²) in [4.78, 5) is 11.0. The fraction of sp³-hybridized carbons (Fsp3) is 0.364. The van der Waals surface area contributed by atoms with Gasteiger partial charge in [0.2, 0.25) is 0 Å². The summed E-state index contributed by atoms with van der Waals surface area (Å²) in [5.74, 6) is 0.538. The van der Waals surface area contributed by atoms with Crippen molar-refractivity contribution in [3.05, 3.63) is 30.3 Å². The lowest BCUT2D eigenvalue weighted by molar-refractivity contribution is -0.141. The highest BCUT2D eigenvalue weighted by atomic mass is 32.1. The lowest BCUT2D eigenvalue weighted by Gasteiger charge is -2.10. The van der Waals surface area contributed by atoms with Crippen LogP contribution in [0.4, 0.5) is 0 Å². The number of esters is 1. The molecule has 15 heavy (non-hydrogen) atoms. The Balaban J connectivity index is 1.82. The summed E-state index contributed by atoms with van der Waals surface area (Å²) in [5, 5.41) is -0.297. The van der Waals surface area contributed by atoms with Gasteiger partial charge in [0.25, 0.3) is 0 Å². The lowest BCUT2D eigenvalue weighted by atomic mass is 10.2. The van der Waals surface area contributed by atoms with Gasteiger partial charge in [-0.05, 0) is 12.1 Å². The molecule has 1 aromatic rings. The number of carbonyl (C=O) groups excluding carboxylic acids is 1. The molecule has 0 saturated carbocycles. The van der Waals surface area contributed by atoms with E-state index in [2.05, 4.69) is 12.6 Å². The Bertz CT molecular complexity index is 339. The van der Waals surface area contributed by atoms with E-state index in [-0.39, 0.29) is 17.3 Å². The molecule has 1 aliphatic heterocycles. The molecule has 0 unspecified atom stereocenters. The fourth-order valence-electron chi connectivity index (χ4n) is 1.44. The van der Waals surface area contributed by atoms with Gasteiger partial charge in [0, 0.05) is 6.42 Å². The second-order valence-corrected chi connectivity index (χ2v) is 4.06. The first-order valence-corrected chi connectivity index (χ1v) is 5.34. The van der Waals surface area contributed by atoms with Gasteiger partial charge in [0.05, 0.1) is 0 Å². The molecule has 3 nitrogen and oxygen atoms in total. The Morgan fingerprint density at radius 1 is 1.40 bits per heavy atom. The summed E-state index contributed by atoms with van der Waals surface area (Å²) in [7, 11) is 0. The summed E-state index contributed by atoms with van der Waals surface area (Å²) >= 11 is 4.10. The van der Waals surface area contributed by atoms with Gasteiger partial charge in [-0.1, -0.05) is 18.2 Å². The van der Waals surface area contributed by atoms with Crippen LogP contribution in [0.25, 0.3) is 0 Å². The van der Waals surface area contributed by atoms with Crippen molar-refractivity contribution in [2.45, 2.75) is 17.8 Å². The topological polar surface area (TPSA) is 35.5 Å². The number of thiol groups is 1. The second kappa shape index (κ2) is 4.57. The maximum atomic E-state index is 11.0. The van der Waals surface area contributed by atoms with Crippen LogP contribution >= 0.6 is 12.6 Å². The predicted molar refractivity (Wildman–Crippen MR) is 59.2 cm³/mol. The maximum Gasteiger partial charge on any atom is 0.319 e. The zero-order chi connectivity index (χ0) is 10.7.